The normalized spacial score (nSPS) is 14.1. The Morgan fingerprint density at radius 3 is 2.21 bits per heavy atom. The van der Waals surface area contributed by atoms with Gasteiger partial charge < -0.3 is 0 Å². The van der Waals surface area contributed by atoms with Gasteiger partial charge in [-0.1, -0.05) is 58.9 Å². The van der Waals surface area contributed by atoms with Crippen LogP contribution in [0.4, 0.5) is 0 Å². The van der Waals surface area contributed by atoms with Crippen LogP contribution in [0.3, 0.4) is 0 Å². The SMILES string of the molecule is CC.CCC(C)(C)c1ccc(C)c(-c2ccc(C3CC3)nc2C)c1. The number of rotatable bonds is 4. The highest BCUT2D eigenvalue weighted by molar-refractivity contribution is 5.70. The molecule has 0 radical (unpaired) electrons. The molecule has 0 spiro atoms. The first-order valence-corrected chi connectivity index (χ1v) is 9.51. The van der Waals surface area contributed by atoms with Crippen LogP contribution in [0.15, 0.2) is 30.3 Å². The monoisotopic (exact) mass is 323 g/mol. The lowest BCUT2D eigenvalue weighted by molar-refractivity contribution is 0.506. The number of benzene rings is 1. The fourth-order valence-corrected chi connectivity index (χ4v) is 3.01. The zero-order valence-corrected chi connectivity index (χ0v) is 16.5. The highest BCUT2D eigenvalue weighted by Crippen LogP contribution is 2.40. The maximum absolute atomic E-state index is 4.86. The van der Waals surface area contributed by atoms with Crippen molar-refractivity contribution in [3.05, 3.63) is 52.8 Å². The summed E-state index contributed by atoms with van der Waals surface area (Å²) >= 11 is 0. The minimum Gasteiger partial charge on any atom is -0.257 e. The Morgan fingerprint density at radius 1 is 1.00 bits per heavy atom. The summed E-state index contributed by atoms with van der Waals surface area (Å²) in [6.45, 7) is 15.3. The van der Waals surface area contributed by atoms with Crippen molar-refractivity contribution in [2.45, 2.75) is 79.1 Å². The second-order valence-corrected chi connectivity index (χ2v) is 7.41. The van der Waals surface area contributed by atoms with Crippen LogP contribution < -0.4 is 0 Å². The summed E-state index contributed by atoms with van der Waals surface area (Å²) in [5.41, 5.74) is 8.04. The van der Waals surface area contributed by atoms with E-state index in [2.05, 4.69) is 65.0 Å². The average Bonchev–Trinajstić information content (AvgIpc) is 3.42. The Bertz CT molecular complexity index is 693. The number of aromatic nitrogens is 1. The molecule has 1 heteroatoms. The summed E-state index contributed by atoms with van der Waals surface area (Å²) < 4.78 is 0. The summed E-state index contributed by atoms with van der Waals surface area (Å²) in [6.07, 6.45) is 3.77. The average molecular weight is 324 g/mol. The molecular formula is C23H33N. The van der Waals surface area contributed by atoms with E-state index in [-0.39, 0.29) is 5.41 Å². The van der Waals surface area contributed by atoms with E-state index in [0.29, 0.717) is 0 Å². The minimum atomic E-state index is 0.220. The molecule has 1 aliphatic rings. The van der Waals surface area contributed by atoms with Crippen LogP contribution in [0.25, 0.3) is 11.1 Å². The number of hydrogen-bond acceptors (Lipinski definition) is 1. The third kappa shape index (κ3) is 3.88. The molecule has 0 atom stereocenters. The van der Waals surface area contributed by atoms with E-state index in [9.17, 15) is 0 Å². The van der Waals surface area contributed by atoms with Crippen molar-refractivity contribution in [2.75, 3.05) is 0 Å². The van der Waals surface area contributed by atoms with Crippen LogP contribution in [-0.4, -0.2) is 4.98 Å². The number of pyridine rings is 1. The lowest BCUT2D eigenvalue weighted by atomic mass is 9.80. The molecule has 1 aliphatic carbocycles. The van der Waals surface area contributed by atoms with E-state index in [1.165, 1.54) is 46.5 Å². The predicted octanol–water partition coefficient (Wildman–Crippen LogP) is 6.96. The Labute approximate surface area is 148 Å². The van der Waals surface area contributed by atoms with Gasteiger partial charge in [-0.15, -0.1) is 0 Å². The van der Waals surface area contributed by atoms with Crippen molar-refractivity contribution in [1.29, 1.82) is 0 Å². The number of nitrogens with zero attached hydrogens (tertiary/aromatic N) is 1. The van der Waals surface area contributed by atoms with Crippen LogP contribution in [0.2, 0.25) is 0 Å². The van der Waals surface area contributed by atoms with Crippen molar-refractivity contribution in [3.63, 3.8) is 0 Å². The molecule has 24 heavy (non-hydrogen) atoms. The van der Waals surface area contributed by atoms with E-state index >= 15 is 0 Å². The number of aryl methyl sites for hydroxylation is 2. The topological polar surface area (TPSA) is 12.9 Å². The molecule has 1 aromatic heterocycles. The zero-order valence-electron chi connectivity index (χ0n) is 16.5. The molecule has 0 unspecified atom stereocenters. The number of hydrogen-bond donors (Lipinski definition) is 0. The standard InChI is InChI=1S/C21H27N.C2H6/c1-6-21(4,5)17-10-7-14(2)19(13-17)18-11-12-20(16-8-9-16)22-15(18)3;1-2/h7,10-13,16H,6,8-9H2,1-5H3;1-2H3. The van der Waals surface area contributed by atoms with Gasteiger partial charge in [0.05, 0.1) is 0 Å². The fourth-order valence-electron chi connectivity index (χ4n) is 3.01. The molecule has 130 valence electrons. The Hall–Kier alpha value is -1.63. The van der Waals surface area contributed by atoms with Crippen LogP contribution in [0.5, 0.6) is 0 Å². The second-order valence-electron chi connectivity index (χ2n) is 7.41. The van der Waals surface area contributed by atoms with Gasteiger partial charge in [-0.25, -0.2) is 0 Å². The van der Waals surface area contributed by atoms with Gasteiger partial charge in [-0.05, 0) is 61.3 Å². The molecule has 0 saturated heterocycles. The molecule has 1 heterocycles. The highest BCUT2D eigenvalue weighted by Gasteiger charge is 2.25. The van der Waals surface area contributed by atoms with Crippen molar-refractivity contribution >= 4 is 0 Å². The van der Waals surface area contributed by atoms with E-state index < -0.39 is 0 Å². The molecule has 2 aromatic rings. The predicted molar refractivity (Wildman–Crippen MR) is 106 cm³/mol. The van der Waals surface area contributed by atoms with Gasteiger partial charge in [0.2, 0.25) is 0 Å². The molecule has 1 fully saturated rings. The molecule has 0 bridgehead atoms. The van der Waals surface area contributed by atoms with Gasteiger partial charge in [0.1, 0.15) is 0 Å². The van der Waals surface area contributed by atoms with Crippen LogP contribution >= 0.6 is 0 Å². The van der Waals surface area contributed by atoms with Gasteiger partial charge in [0, 0.05) is 22.9 Å². The lowest BCUT2D eigenvalue weighted by Gasteiger charge is -2.25. The highest BCUT2D eigenvalue weighted by atomic mass is 14.7. The van der Waals surface area contributed by atoms with Gasteiger partial charge in [-0.2, -0.15) is 0 Å². The molecule has 0 N–H and O–H groups in total. The summed E-state index contributed by atoms with van der Waals surface area (Å²) in [7, 11) is 0. The van der Waals surface area contributed by atoms with Crippen molar-refractivity contribution in [3.8, 4) is 11.1 Å². The van der Waals surface area contributed by atoms with E-state index in [0.717, 1.165) is 12.3 Å². The third-order valence-corrected chi connectivity index (χ3v) is 5.30. The second kappa shape index (κ2) is 7.51. The zero-order chi connectivity index (χ0) is 17.9. The molecule has 1 aromatic carbocycles. The summed E-state index contributed by atoms with van der Waals surface area (Å²) in [5, 5.41) is 0. The smallest absolute Gasteiger partial charge is 0.0454 e. The van der Waals surface area contributed by atoms with Gasteiger partial charge in [-0.3, -0.25) is 4.98 Å². The van der Waals surface area contributed by atoms with Crippen LogP contribution in [-0.2, 0) is 5.41 Å². The Kier molecular flexibility index (Phi) is 5.85. The molecule has 3 rings (SSSR count). The Morgan fingerprint density at radius 2 is 1.67 bits per heavy atom. The fraction of sp³-hybridized carbons (Fsp3) is 0.522. The van der Waals surface area contributed by atoms with Crippen LogP contribution in [0.1, 0.15) is 82.3 Å². The maximum Gasteiger partial charge on any atom is 0.0454 e. The lowest BCUT2D eigenvalue weighted by Crippen LogP contribution is -2.15. The molecule has 0 aliphatic heterocycles. The third-order valence-electron chi connectivity index (χ3n) is 5.30. The summed E-state index contributed by atoms with van der Waals surface area (Å²) in [4.78, 5) is 4.86. The molecule has 1 nitrogen and oxygen atoms in total. The summed E-state index contributed by atoms with van der Waals surface area (Å²) in [6, 6.07) is 11.4. The van der Waals surface area contributed by atoms with Crippen molar-refractivity contribution < 1.29 is 0 Å². The largest absolute Gasteiger partial charge is 0.257 e. The Balaban J connectivity index is 0.00000100. The summed E-state index contributed by atoms with van der Waals surface area (Å²) in [5.74, 6) is 0.721. The van der Waals surface area contributed by atoms with Gasteiger partial charge >= 0.3 is 0 Å². The first kappa shape index (κ1) is 18.7. The first-order valence-electron chi connectivity index (χ1n) is 9.51. The van der Waals surface area contributed by atoms with Crippen molar-refractivity contribution in [2.24, 2.45) is 0 Å². The van der Waals surface area contributed by atoms with Crippen LogP contribution in [0, 0.1) is 13.8 Å². The van der Waals surface area contributed by atoms with E-state index in [4.69, 9.17) is 4.98 Å². The first-order chi connectivity index (χ1) is 11.4. The maximum atomic E-state index is 4.86. The van der Waals surface area contributed by atoms with Gasteiger partial charge in [0.15, 0.2) is 0 Å². The van der Waals surface area contributed by atoms with Gasteiger partial charge in [0.25, 0.3) is 0 Å². The quantitative estimate of drug-likeness (QED) is 0.593. The molecule has 0 amide bonds. The van der Waals surface area contributed by atoms with E-state index in [1.54, 1.807) is 0 Å². The molecular weight excluding hydrogens is 290 g/mol. The van der Waals surface area contributed by atoms with E-state index in [1.807, 2.05) is 13.8 Å². The van der Waals surface area contributed by atoms with Crippen molar-refractivity contribution in [1.82, 2.24) is 4.98 Å². The molecule has 1 saturated carbocycles. The minimum absolute atomic E-state index is 0.220.